The lowest BCUT2D eigenvalue weighted by Crippen LogP contribution is -2.19. The monoisotopic (exact) mass is 365 g/mol. The van der Waals surface area contributed by atoms with Crippen molar-refractivity contribution in [2.24, 2.45) is 0 Å². The van der Waals surface area contributed by atoms with E-state index in [0.29, 0.717) is 23.9 Å². The van der Waals surface area contributed by atoms with Crippen LogP contribution in [0.2, 0.25) is 0 Å². The fourth-order valence-electron chi connectivity index (χ4n) is 2.56. The molecule has 1 aliphatic heterocycles. The van der Waals surface area contributed by atoms with E-state index in [0.717, 1.165) is 11.1 Å². The van der Waals surface area contributed by atoms with E-state index >= 15 is 0 Å². The average molecular weight is 366 g/mol. The predicted molar refractivity (Wildman–Crippen MR) is 94.8 cm³/mol. The van der Waals surface area contributed by atoms with Gasteiger partial charge in [-0.1, -0.05) is 30.3 Å². The summed E-state index contributed by atoms with van der Waals surface area (Å²) in [5, 5.41) is 2.76. The maximum Gasteiger partial charge on any atom is 0.407 e. The average Bonchev–Trinajstić information content (AvgIpc) is 3.06. The molecular formula is C18H20ClNO5. The third kappa shape index (κ3) is 4.28. The molecule has 3 rings (SSSR count). The Balaban J connectivity index is 0.00000225. The zero-order chi connectivity index (χ0) is 16.9. The van der Waals surface area contributed by atoms with Crippen molar-refractivity contribution in [2.75, 3.05) is 20.8 Å². The number of carbonyl (C=O) groups is 1. The fraction of sp³-hybridized carbons (Fsp3) is 0.278. The van der Waals surface area contributed by atoms with Gasteiger partial charge in [-0.05, 0) is 11.6 Å². The first kappa shape index (κ1) is 18.7. The quantitative estimate of drug-likeness (QED) is 0.848. The SMILES string of the molecule is COc1cc(OCc2ccccc2)c([C@@H]2COC(=O)N2)cc1OC.Cl. The molecule has 1 aliphatic rings. The Hall–Kier alpha value is -2.60. The van der Waals surface area contributed by atoms with Gasteiger partial charge in [0, 0.05) is 11.6 Å². The number of halogens is 1. The summed E-state index contributed by atoms with van der Waals surface area (Å²) in [6.45, 7) is 0.654. The van der Waals surface area contributed by atoms with Crippen molar-refractivity contribution in [3.05, 3.63) is 53.6 Å². The molecule has 0 spiro atoms. The maximum atomic E-state index is 11.4. The zero-order valence-electron chi connectivity index (χ0n) is 14.0. The van der Waals surface area contributed by atoms with Crippen LogP contribution in [0, 0.1) is 0 Å². The maximum absolute atomic E-state index is 11.4. The summed E-state index contributed by atoms with van der Waals surface area (Å²) in [4.78, 5) is 11.4. The lowest BCUT2D eigenvalue weighted by atomic mass is 10.1. The summed E-state index contributed by atoms with van der Waals surface area (Å²) in [5.74, 6) is 1.75. The summed E-state index contributed by atoms with van der Waals surface area (Å²) in [6, 6.07) is 13.1. The second kappa shape index (κ2) is 8.48. The van der Waals surface area contributed by atoms with Crippen LogP contribution < -0.4 is 19.5 Å². The number of alkyl carbamates (subject to hydrolysis) is 1. The van der Waals surface area contributed by atoms with Crippen molar-refractivity contribution in [1.29, 1.82) is 0 Å². The highest BCUT2D eigenvalue weighted by atomic mass is 35.5. The number of hydrogen-bond acceptors (Lipinski definition) is 5. The van der Waals surface area contributed by atoms with Crippen molar-refractivity contribution < 1.29 is 23.7 Å². The smallest absolute Gasteiger partial charge is 0.407 e. The Morgan fingerprint density at radius 2 is 1.76 bits per heavy atom. The van der Waals surface area contributed by atoms with E-state index in [4.69, 9.17) is 18.9 Å². The molecular weight excluding hydrogens is 346 g/mol. The van der Waals surface area contributed by atoms with Crippen LogP contribution in [0.5, 0.6) is 17.2 Å². The van der Waals surface area contributed by atoms with Gasteiger partial charge >= 0.3 is 6.09 Å². The van der Waals surface area contributed by atoms with E-state index in [1.54, 1.807) is 26.4 Å². The van der Waals surface area contributed by atoms with E-state index < -0.39 is 6.09 Å². The molecule has 6 nitrogen and oxygen atoms in total. The van der Waals surface area contributed by atoms with Crippen molar-refractivity contribution in [3.63, 3.8) is 0 Å². The first-order chi connectivity index (χ1) is 11.7. The van der Waals surface area contributed by atoms with E-state index in [1.807, 2.05) is 30.3 Å². The standard InChI is InChI=1S/C18H19NO5.ClH/c1-21-16-8-13(14-11-24-18(20)19-14)15(9-17(16)22-2)23-10-12-6-4-3-5-7-12;/h3-9,14H,10-11H2,1-2H3,(H,19,20);1H/t14-;/m0./s1. The zero-order valence-corrected chi connectivity index (χ0v) is 14.8. The fourth-order valence-corrected chi connectivity index (χ4v) is 2.56. The van der Waals surface area contributed by atoms with Crippen LogP contribution in [0.25, 0.3) is 0 Å². The highest BCUT2D eigenvalue weighted by molar-refractivity contribution is 5.85. The van der Waals surface area contributed by atoms with Crippen LogP contribution >= 0.6 is 12.4 Å². The second-order valence-corrected chi connectivity index (χ2v) is 5.31. The first-order valence-corrected chi connectivity index (χ1v) is 7.57. The normalized spacial score (nSPS) is 15.6. The number of amides is 1. The molecule has 1 atom stereocenters. The Labute approximate surface area is 152 Å². The van der Waals surface area contributed by atoms with Gasteiger partial charge in [0.25, 0.3) is 0 Å². The number of nitrogens with one attached hydrogen (secondary N) is 1. The van der Waals surface area contributed by atoms with Crippen LogP contribution in [0.3, 0.4) is 0 Å². The molecule has 0 unspecified atom stereocenters. The third-order valence-corrected chi connectivity index (χ3v) is 3.80. The van der Waals surface area contributed by atoms with Gasteiger partial charge in [-0.2, -0.15) is 0 Å². The van der Waals surface area contributed by atoms with Crippen molar-refractivity contribution in [2.45, 2.75) is 12.6 Å². The summed E-state index contributed by atoms with van der Waals surface area (Å²) in [6.07, 6.45) is -0.441. The molecule has 25 heavy (non-hydrogen) atoms. The van der Waals surface area contributed by atoms with Gasteiger partial charge < -0.3 is 24.3 Å². The largest absolute Gasteiger partial charge is 0.493 e. The van der Waals surface area contributed by atoms with Gasteiger partial charge in [-0.3, -0.25) is 0 Å². The van der Waals surface area contributed by atoms with E-state index in [1.165, 1.54) is 0 Å². The number of methoxy groups -OCH3 is 2. The molecule has 1 saturated heterocycles. The highest BCUT2D eigenvalue weighted by Gasteiger charge is 2.28. The molecule has 2 aromatic rings. The Morgan fingerprint density at radius 1 is 1.08 bits per heavy atom. The third-order valence-electron chi connectivity index (χ3n) is 3.80. The second-order valence-electron chi connectivity index (χ2n) is 5.31. The molecule has 0 saturated carbocycles. The number of ether oxygens (including phenoxy) is 4. The Kier molecular flexibility index (Phi) is 6.36. The molecule has 1 N–H and O–H groups in total. The lowest BCUT2D eigenvalue weighted by molar-refractivity contribution is 0.176. The first-order valence-electron chi connectivity index (χ1n) is 7.57. The summed E-state index contributed by atoms with van der Waals surface area (Å²) >= 11 is 0. The molecule has 1 amide bonds. The van der Waals surface area contributed by atoms with E-state index in [9.17, 15) is 4.79 Å². The van der Waals surface area contributed by atoms with Gasteiger partial charge in [-0.25, -0.2) is 4.79 Å². The number of rotatable bonds is 6. The minimum absolute atomic E-state index is 0. The number of hydrogen-bond donors (Lipinski definition) is 1. The van der Waals surface area contributed by atoms with Gasteiger partial charge in [0.05, 0.1) is 20.3 Å². The van der Waals surface area contributed by atoms with Crippen molar-refractivity contribution in [1.82, 2.24) is 5.32 Å². The van der Waals surface area contributed by atoms with Gasteiger partial charge in [-0.15, -0.1) is 12.4 Å². The molecule has 7 heteroatoms. The van der Waals surface area contributed by atoms with E-state index in [2.05, 4.69) is 5.32 Å². The molecule has 0 bridgehead atoms. The Morgan fingerprint density at radius 3 is 2.36 bits per heavy atom. The molecule has 134 valence electrons. The van der Waals surface area contributed by atoms with Gasteiger partial charge in [0.15, 0.2) is 11.5 Å². The lowest BCUT2D eigenvalue weighted by Gasteiger charge is -2.18. The highest BCUT2D eigenvalue weighted by Crippen LogP contribution is 2.38. The van der Waals surface area contributed by atoms with E-state index in [-0.39, 0.29) is 25.1 Å². The molecule has 1 fully saturated rings. The molecule has 0 aliphatic carbocycles. The van der Waals surface area contributed by atoms with Crippen molar-refractivity contribution >= 4 is 18.5 Å². The molecule has 1 heterocycles. The van der Waals surface area contributed by atoms with Gasteiger partial charge in [0.2, 0.25) is 0 Å². The van der Waals surface area contributed by atoms with Crippen LogP contribution in [0.1, 0.15) is 17.2 Å². The predicted octanol–water partition coefficient (Wildman–Crippen LogP) is 3.49. The summed E-state index contributed by atoms with van der Waals surface area (Å²) < 4.78 is 21.7. The topological polar surface area (TPSA) is 66.0 Å². The Bertz CT molecular complexity index is 723. The number of carbonyl (C=O) groups excluding carboxylic acids is 1. The minimum Gasteiger partial charge on any atom is -0.493 e. The van der Waals surface area contributed by atoms with Gasteiger partial charge in [0.1, 0.15) is 19.0 Å². The number of benzene rings is 2. The molecule has 0 radical (unpaired) electrons. The summed E-state index contributed by atoms with van der Waals surface area (Å²) in [5.41, 5.74) is 1.83. The van der Waals surface area contributed by atoms with Crippen molar-refractivity contribution in [3.8, 4) is 17.2 Å². The summed E-state index contributed by atoms with van der Waals surface area (Å²) in [7, 11) is 3.13. The van der Waals surface area contributed by atoms with Crippen LogP contribution in [0.15, 0.2) is 42.5 Å². The van der Waals surface area contributed by atoms with Crippen LogP contribution in [0.4, 0.5) is 4.79 Å². The number of cyclic esters (lactones) is 1. The van der Waals surface area contributed by atoms with Crippen LogP contribution in [-0.2, 0) is 11.3 Å². The minimum atomic E-state index is -0.441. The molecule has 2 aromatic carbocycles. The van der Waals surface area contributed by atoms with Crippen LogP contribution in [-0.4, -0.2) is 26.9 Å². The molecule has 0 aromatic heterocycles.